The number of benzene rings is 2. The Morgan fingerprint density at radius 1 is 0.971 bits per heavy atom. The van der Waals surface area contributed by atoms with E-state index in [1.54, 1.807) is 42.3 Å². The number of hydrogen-bond acceptors (Lipinski definition) is 5. The molecule has 1 amide bonds. The minimum Gasteiger partial charge on any atom is -0.497 e. The molecular formula is C25H25F3N2O4. The summed E-state index contributed by atoms with van der Waals surface area (Å²) in [5.41, 5.74) is -0.0517. The van der Waals surface area contributed by atoms with Gasteiger partial charge in [0.1, 0.15) is 23.9 Å². The Morgan fingerprint density at radius 2 is 1.71 bits per heavy atom. The highest BCUT2D eigenvalue weighted by Crippen LogP contribution is 2.30. The van der Waals surface area contributed by atoms with Gasteiger partial charge in [-0.05, 0) is 35.9 Å². The minimum atomic E-state index is -4.36. The van der Waals surface area contributed by atoms with Gasteiger partial charge in [0.05, 0.1) is 12.7 Å². The summed E-state index contributed by atoms with van der Waals surface area (Å²) in [6.45, 7) is 2.63. The molecular weight excluding hydrogens is 449 g/mol. The fraction of sp³-hybridized carbons (Fsp3) is 0.320. The van der Waals surface area contributed by atoms with E-state index in [9.17, 15) is 18.0 Å². The molecule has 9 heteroatoms. The van der Waals surface area contributed by atoms with Crippen LogP contribution in [0.4, 0.5) is 13.2 Å². The van der Waals surface area contributed by atoms with Gasteiger partial charge in [-0.1, -0.05) is 24.3 Å². The first-order valence-electron chi connectivity index (χ1n) is 10.8. The molecule has 0 aliphatic carbocycles. The number of nitrogens with zero attached hydrogens (tertiary/aromatic N) is 2. The standard InChI is InChI=1S/C25H25F3N2O4/c1-32-20-6-3-7-21(15-20)33-17-22-8-9-23(34-22)24(31)30-12-10-29(11-13-30)16-18-4-2-5-19(14-18)25(26,27)28/h2-9,14-15H,10-13,16-17H2,1H3. The molecule has 0 bridgehead atoms. The molecule has 1 aromatic heterocycles. The van der Waals surface area contributed by atoms with Crippen molar-refractivity contribution in [2.45, 2.75) is 19.3 Å². The Hall–Kier alpha value is -3.46. The number of rotatable bonds is 7. The number of piperazine rings is 1. The summed E-state index contributed by atoms with van der Waals surface area (Å²) in [6, 6.07) is 15.9. The third-order valence-electron chi connectivity index (χ3n) is 5.61. The van der Waals surface area contributed by atoms with Crippen molar-refractivity contribution in [2.24, 2.45) is 0 Å². The van der Waals surface area contributed by atoms with Gasteiger partial charge in [0.25, 0.3) is 5.91 Å². The highest BCUT2D eigenvalue weighted by molar-refractivity contribution is 5.91. The number of methoxy groups -OCH3 is 1. The van der Waals surface area contributed by atoms with Crippen LogP contribution >= 0.6 is 0 Å². The quantitative estimate of drug-likeness (QED) is 0.490. The van der Waals surface area contributed by atoms with Gasteiger partial charge < -0.3 is 18.8 Å². The molecule has 34 heavy (non-hydrogen) atoms. The van der Waals surface area contributed by atoms with Crippen molar-refractivity contribution in [3.63, 3.8) is 0 Å². The van der Waals surface area contributed by atoms with Crippen LogP contribution in [0.5, 0.6) is 11.5 Å². The fourth-order valence-corrected chi connectivity index (χ4v) is 3.78. The zero-order valence-electron chi connectivity index (χ0n) is 18.7. The number of ether oxygens (including phenoxy) is 2. The Kier molecular flexibility index (Phi) is 7.12. The van der Waals surface area contributed by atoms with Crippen LogP contribution in [0.2, 0.25) is 0 Å². The first kappa shape index (κ1) is 23.7. The van der Waals surface area contributed by atoms with Gasteiger partial charge in [-0.2, -0.15) is 13.2 Å². The SMILES string of the molecule is COc1cccc(OCc2ccc(C(=O)N3CCN(Cc4cccc(C(F)(F)F)c4)CC3)o2)c1. The molecule has 0 radical (unpaired) electrons. The van der Waals surface area contributed by atoms with E-state index < -0.39 is 11.7 Å². The van der Waals surface area contributed by atoms with Crippen LogP contribution in [0.25, 0.3) is 0 Å². The number of halogens is 3. The zero-order valence-corrected chi connectivity index (χ0v) is 18.7. The topological polar surface area (TPSA) is 55.2 Å². The average molecular weight is 474 g/mol. The maximum atomic E-state index is 12.9. The van der Waals surface area contributed by atoms with Gasteiger partial charge in [0.15, 0.2) is 5.76 Å². The molecule has 2 heterocycles. The monoisotopic (exact) mass is 474 g/mol. The molecule has 1 aliphatic rings. The van der Waals surface area contributed by atoms with E-state index in [0.717, 1.165) is 6.07 Å². The molecule has 180 valence electrons. The van der Waals surface area contributed by atoms with E-state index in [2.05, 4.69) is 0 Å². The lowest BCUT2D eigenvalue weighted by molar-refractivity contribution is -0.137. The van der Waals surface area contributed by atoms with Crippen LogP contribution < -0.4 is 9.47 Å². The molecule has 0 N–H and O–H groups in total. The highest BCUT2D eigenvalue weighted by atomic mass is 19.4. The zero-order chi connectivity index (χ0) is 24.1. The van der Waals surface area contributed by atoms with Crippen LogP contribution in [0.15, 0.2) is 65.1 Å². The predicted molar refractivity (Wildman–Crippen MR) is 119 cm³/mol. The van der Waals surface area contributed by atoms with E-state index in [-0.39, 0.29) is 18.3 Å². The Bertz CT molecular complexity index is 1120. The molecule has 3 aromatic rings. The molecule has 1 fully saturated rings. The summed E-state index contributed by atoms with van der Waals surface area (Å²) in [7, 11) is 1.58. The van der Waals surface area contributed by atoms with Crippen molar-refractivity contribution in [1.82, 2.24) is 9.80 Å². The number of amides is 1. The number of furan rings is 1. The summed E-state index contributed by atoms with van der Waals surface area (Å²) in [5.74, 6) is 1.84. The van der Waals surface area contributed by atoms with Crippen molar-refractivity contribution in [3.8, 4) is 11.5 Å². The first-order valence-corrected chi connectivity index (χ1v) is 10.8. The largest absolute Gasteiger partial charge is 0.497 e. The maximum Gasteiger partial charge on any atom is 0.416 e. The molecule has 0 spiro atoms. The fourth-order valence-electron chi connectivity index (χ4n) is 3.78. The lowest BCUT2D eigenvalue weighted by Gasteiger charge is -2.34. The smallest absolute Gasteiger partial charge is 0.416 e. The number of hydrogen-bond donors (Lipinski definition) is 0. The van der Waals surface area contributed by atoms with E-state index in [1.807, 2.05) is 17.0 Å². The second-order valence-electron chi connectivity index (χ2n) is 8.00. The van der Waals surface area contributed by atoms with Crippen molar-refractivity contribution < 1.29 is 31.9 Å². The lowest BCUT2D eigenvalue weighted by atomic mass is 10.1. The number of carbonyl (C=O) groups is 1. The Balaban J connectivity index is 1.28. The van der Waals surface area contributed by atoms with Crippen molar-refractivity contribution in [3.05, 3.63) is 83.3 Å². The number of alkyl halides is 3. The molecule has 2 aromatic carbocycles. The Labute approximate surface area is 195 Å². The van der Waals surface area contributed by atoms with E-state index >= 15 is 0 Å². The van der Waals surface area contributed by atoms with Gasteiger partial charge in [-0.15, -0.1) is 0 Å². The number of carbonyl (C=O) groups excluding carboxylic acids is 1. The summed E-state index contributed by atoms with van der Waals surface area (Å²) >= 11 is 0. The summed E-state index contributed by atoms with van der Waals surface area (Å²) in [4.78, 5) is 16.5. The molecule has 0 unspecified atom stereocenters. The van der Waals surface area contributed by atoms with Crippen LogP contribution in [-0.2, 0) is 19.3 Å². The van der Waals surface area contributed by atoms with Gasteiger partial charge in [0.2, 0.25) is 0 Å². The summed E-state index contributed by atoms with van der Waals surface area (Å²) < 4.78 is 55.3. The average Bonchev–Trinajstić information content (AvgIpc) is 3.32. The minimum absolute atomic E-state index is 0.172. The summed E-state index contributed by atoms with van der Waals surface area (Å²) in [5, 5.41) is 0. The molecule has 4 rings (SSSR count). The van der Waals surface area contributed by atoms with Gasteiger partial charge in [-0.3, -0.25) is 9.69 Å². The Morgan fingerprint density at radius 3 is 2.44 bits per heavy atom. The van der Waals surface area contributed by atoms with E-state index in [1.165, 1.54) is 12.1 Å². The van der Waals surface area contributed by atoms with Crippen LogP contribution in [0.1, 0.15) is 27.4 Å². The van der Waals surface area contributed by atoms with Crippen LogP contribution in [0.3, 0.4) is 0 Å². The third-order valence-corrected chi connectivity index (χ3v) is 5.61. The van der Waals surface area contributed by atoms with Crippen LogP contribution in [-0.4, -0.2) is 49.0 Å². The first-order chi connectivity index (χ1) is 16.3. The summed E-state index contributed by atoms with van der Waals surface area (Å²) in [6.07, 6.45) is -4.36. The normalized spacial score (nSPS) is 14.8. The van der Waals surface area contributed by atoms with E-state index in [4.69, 9.17) is 13.9 Å². The molecule has 0 saturated carbocycles. The van der Waals surface area contributed by atoms with Crippen molar-refractivity contribution in [1.29, 1.82) is 0 Å². The van der Waals surface area contributed by atoms with Gasteiger partial charge >= 0.3 is 6.18 Å². The molecule has 1 aliphatic heterocycles. The van der Waals surface area contributed by atoms with Crippen molar-refractivity contribution >= 4 is 5.91 Å². The second-order valence-corrected chi connectivity index (χ2v) is 8.00. The van der Waals surface area contributed by atoms with Crippen LogP contribution in [0, 0.1) is 0 Å². The highest BCUT2D eigenvalue weighted by Gasteiger charge is 2.30. The van der Waals surface area contributed by atoms with Crippen molar-refractivity contribution in [2.75, 3.05) is 33.3 Å². The lowest BCUT2D eigenvalue weighted by Crippen LogP contribution is -2.48. The van der Waals surface area contributed by atoms with E-state index in [0.29, 0.717) is 55.5 Å². The van der Waals surface area contributed by atoms with Gasteiger partial charge in [0, 0.05) is 38.8 Å². The third kappa shape index (κ3) is 5.91. The molecule has 1 saturated heterocycles. The molecule has 0 atom stereocenters. The maximum absolute atomic E-state index is 12.9. The van der Waals surface area contributed by atoms with Gasteiger partial charge in [-0.25, -0.2) is 0 Å². The predicted octanol–water partition coefficient (Wildman–Crippen LogP) is 4.84. The second kappa shape index (κ2) is 10.2. The molecule has 6 nitrogen and oxygen atoms in total.